The molecule has 0 aliphatic rings. The van der Waals surface area contributed by atoms with Gasteiger partial charge in [0.05, 0.1) is 11.1 Å². The van der Waals surface area contributed by atoms with Gasteiger partial charge in [0, 0.05) is 19.2 Å². The second kappa shape index (κ2) is 10.8. The summed E-state index contributed by atoms with van der Waals surface area (Å²) in [4.78, 5) is 12.6. The Bertz CT molecular complexity index is 1250. The summed E-state index contributed by atoms with van der Waals surface area (Å²) in [7, 11) is -2.06. The first kappa shape index (κ1) is 24.1. The molecule has 0 aliphatic carbocycles. The highest BCUT2D eigenvalue weighted by molar-refractivity contribution is 7.89. The van der Waals surface area contributed by atoms with Crippen molar-refractivity contribution in [2.24, 2.45) is 5.10 Å². The van der Waals surface area contributed by atoms with Crippen LogP contribution in [0.4, 0.5) is 0 Å². The lowest BCUT2D eigenvalue weighted by atomic mass is 10.1. The Morgan fingerprint density at radius 2 is 1.61 bits per heavy atom. The molecule has 0 aliphatic heterocycles. The van der Waals surface area contributed by atoms with Crippen molar-refractivity contribution in [2.45, 2.75) is 25.3 Å². The molecule has 3 rings (SSSR count). The lowest BCUT2D eigenvalue weighted by Gasteiger charge is -2.17. The number of amides is 1. The lowest BCUT2D eigenvalue weighted by molar-refractivity contribution is 0.0955. The van der Waals surface area contributed by atoms with Gasteiger partial charge in [0.15, 0.2) is 0 Å². The molecule has 0 radical (unpaired) electrons. The molecule has 0 saturated carbocycles. The molecule has 33 heavy (non-hydrogen) atoms. The number of nitrogens with one attached hydrogen (secondary N) is 1. The van der Waals surface area contributed by atoms with Crippen LogP contribution in [0, 0.1) is 6.92 Å². The Morgan fingerprint density at radius 3 is 2.24 bits per heavy atom. The summed E-state index contributed by atoms with van der Waals surface area (Å²) in [5.74, 6) is -0.342. The molecule has 0 atom stereocenters. The highest BCUT2D eigenvalue weighted by Gasteiger charge is 2.20. The smallest absolute Gasteiger partial charge is 0.267 e. The molecule has 170 valence electrons. The predicted octanol–water partition coefficient (Wildman–Crippen LogP) is 4.63. The molecule has 1 N–H and O–H groups in total. The van der Waals surface area contributed by atoms with E-state index in [1.165, 1.54) is 11.4 Å². The highest BCUT2D eigenvalue weighted by Crippen LogP contribution is 2.17. The largest absolute Gasteiger partial charge is 0.271 e. The molecule has 0 spiro atoms. The maximum absolute atomic E-state index is 12.8. The number of carbonyl (C=O) groups is 1. The summed E-state index contributed by atoms with van der Waals surface area (Å²) in [6, 6.07) is 23.4. The van der Waals surface area contributed by atoms with E-state index in [1.807, 2.05) is 50.3 Å². The molecule has 0 bridgehead atoms. The van der Waals surface area contributed by atoms with Gasteiger partial charge in [0.1, 0.15) is 0 Å². The normalized spacial score (nSPS) is 12.3. The second-order valence-corrected chi connectivity index (χ2v) is 9.81. The molecule has 1 amide bonds. The van der Waals surface area contributed by atoms with E-state index >= 15 is 0 Å². The van der Waals surface area contributed by atoms with Crippen molar-refractivity contribution in [3.8, 4) is 0 Å². The number of aryl methyl sites for hydroxylation is 1. The fourth-order valence-corrected chi connectivity index (χ4v) is 4.26. The number of nitrogens with zero attached hydrogens (tertiary/aromatic N) is 2. The molecule has 6 nitrogen and oxygen atoms in total. The van der Waals surface area contributed by atoms with Gasteiger partial charge in [-0.25, -0.2) is 13.8 Å². The van der Waals surface area contributed by atoms with E-state index in [9.17, 15) is 13.2 Å². The number of hydrazone groups is 1. The van der Waals surface area contributed by atoms with Gasteiger partial charge < -0.3 is 0 Å². The summed E-state index contributed by atoms with van der Waals surface area (Å²) < 4.78 is 26.8. The van der Waals surface area contributed by atoms with Crippen molar-refractivity contribution in [1.82, 2.24) is 9.73 Å². The number of sulfonamides is 1. The molecule has 0 unspecified atom stereocenters. The number of rotatable bonds is 8. The van der Waals surface area contributed by atoms with Gasteiger partial charge in [0.25, 0.3) is 5.91 Å². The van der Waals surface area contributed by atoms with Crippen molar-refractivity contribution in [3.05, 3.63) is 107 Å². The third-order valence-electron chi connectivity index (χ3n) is 4.98. The fraction of sp³-hybridized carbons (Fsp3) is 0.154. The quantitative estimate of drug-likeness (QED) is 0.392. The van der Waals surface area contributed by atoms with Crippen LogP contribution in [0.3, 0.4) is 0 Å². The molecule has 3 aromatic carbocycles. The van der Waals surface area contributed by atoms with Gasteiger partial charge in [-0.1, -0.05) is 66.2 Å². The Labute approximate surface area is 195 Å². The van der Waals surface area contributed by atoms with Crippen LogP contribution in [0.2, 0.25) is 0 Å². The first-order chi connectivity index (χ1) is 15.8. The van der Waals surface area contributed by atoms with Gasteiger partial charge >= 0.3 is 0 Å². The van der Waals surface area contributed by atoms with Crippen molar-refractivity contribution < 1.29 is 13.2 Å². The first-order valence-corrected chi connectivity index (χ1v) is 11.9. The summed E-state index contributed by atoms with van der Waals surface area (Å²) in [6.07, 6.45) is 3.55. The number of hydrogen-bond acceptors (Lipinski definition) is 4. The highest BCUT2D eigenvalue weighted by atomic mass is 32.2. The fourth-order valence-electron chi connectivity index (χ4n) is 3.10. The molecule has 7 heteroatoms. The zero-order chi connectivity index (χ0) is 23.8. The Hall–Kier alpha value is -3.55. The molecule has 3 aromatic rings. The topological polar surface area (TPSA) is 78.8 Å². The van der Waals surface area contributed by atoms with Crippen LogP contribution in [0.1, 0.15) is 34.0 Å². The van der Waals surface area contributed by atoms with Crippen molar-refractivity contribution in [3.63, 3.8) is 0 Å². The van der Waals surface area contributed by atoms with E-state index in [0.717, 1.165) is 22.3 Å². The van der Waals surface area contributed by atoms with Crippen molar-refractivity contribution >= 4 is 28.2 Å². The maximum atomic E-state index is 12.8. The first-order valence-electron chi connectivity index (χ1n) is 10.4. The van der Waals surface area contributed by atoms with Gasteiger partial charge in [-0.05, 0) is 54.8 Å². The van der Waals surface area contributed by atoms with Crippen LogP contribution in [-0.4, -0.2) is 31.9 Å². The molecule has 0 saturated heterocycles. The van der Waals surface area contributed by atoms with Gasteiger partial charge in [-0.15, -0.1) is 0 Å². The van der Waals surface area contributed by atoms with E-state index in [2.05, 4.69) is 10.5 Å². The summed E-state index contributed by atoms with van der Waals surface area (Å²) in [5.41, 5.74) is 6.67. The van der Waals surface area contributed by atoms with Crippen LogP contribution in [-0.2, 0) is 16.6 Å². The third-order valence-corrected chi connectivity index (χ3v) is 6.80. The van der Waals surface area contributed by atoms with Crippen LogP contribution >= 0.6 is 0 Å². The standard InChI is InChI=1S/C26H27N3O3S/c1-20-9-15-25(16-10-20)33(31,32)29(3)19-23-11-13-24(14-12-23)26(30)28-27-18-21(2)17-22-7-5-4-6-8-22/h4-18H,19H2,1-3H3,(H,28,30)/b21-17+,27-18+. The van der Waals surface area contributed by atoms with Crippen LogP contribution in [0.25, 0.3) is 6.08 Å². The van der Waals surface area contributed by atoms with Crippen molar-refractivity contribution in [2.75, 3.05) is 7.05 Å². The Kier molecular flexibility index (Phi) is 7.92. The van der Waals surface area contributed by atoms with Crippen LogP contribution in [0.15, 0.2) is 94.4 Å². The van der Waals surface area contributed by atoms with E-state index < -0.39 is 10.0 Å². The van der Waals surface area contributed by atoms with Gasteiger partial charge in [-0.3, -0.25) is 4.79 Å². The lowest BCUT2D eigenvalue weighted by Crippen LogP contribution is -2.26. The molecule has 0 aromatic heterocycles. The molecular weight excluding hydrogens is 434 g/mol. The summed E-state index contributed by atoms with van der Waals surface area (Å²) in [5, 5.41) is 4.01. The minimum atomic E-state index is -3.59. The van der Waals surface area contributed by atoms with Gasteiger partial charge in [0.2, 0.25) is 10.0 Å². The van der Waals surface area contributed by atoms with E-state index in [-0.39, 0.29) is 17.3 Å². The molecule has 0 fully saturated rings. The maximum Gasteiger partial charge on any atom is 0.271 e. The number of hydrogen-bond donors (Lipinski definition) is 1. The van der Waals surface area contributed by atoms with Gasteiger partial charge in [-0.2, -0.15) is 9.41 Å². The average Bonchev–Trinajstić information content (AvgIpc) is 2.80. The Balaban J connectivity index is 1.58. The number of carbonyl (C=O) groups excluding carboxylic acids is 1. The number of allylic oxidation sites excluding steroid dienone is 1. The average molecular weight is 462 g/mol. The van der Waals surface area contributed by atoms with E-state index in [0.29, 0.717) is 5.56 Å². The van der Waals surface area contributed by atoms with Crippen molar-refractivity contribution in [1.29, 1.82) is 0 Å². The summed E-state index contributed by atoms with van der Waals surface area (Å²) >= 11 is 0. The van der Waals surface area contributed by atoms with E-state index in [1.54, 1.807) is 54.7 Å². The molecule has 0 heterocycles. The van der Waals surface area contributed by atoms with Crippen LogP contribution < -0.4 is 5.43 Å². The SMILES string of the molecule is CC(/C=N/NC(=O)c1ccc(CN(C)S(=O)(=O)c2ccc(C)cc2)cc1)=C\c1ccccc1. The monoisotopic (exact) mass is 461 g/mol. The third kappa shape index (κ3) is 6.71. The zero-order valence-corrected chi connectivity index (χ0v) is 19.7. The molecular formula is C26H27N3O3S. The van der Waals surface area contributed by atoms with Crippen LogP contribution in [0.5, 0.6) is 0 Å². The van der Waals surface area contributed by atoms with E-state index in [4.69, 9.17) is 0 Å². The predicted molar refractivity (Wildman–Crippen MR) is 132 cm³/mol. The Morgan fingerprint density at radius 1 is 0.970 bits per heavy atom. The number of benzene rings is 3. The summed E-state index contributed by atoms with van der Waals surface area (Å²) in [6.45, 7) is 4.00. The minimum Gasteiger partial charge on any atom is -0.267 e. The second-order valence-electron chi connectivity index (χ2n) is 7.77. The zero-order valence-electron chi connectivity index (χ0n) is 18.9. The minimum absolute atomic E-state index is 0.194.